The van der Waals surface area contributed by atoms with Crippen LogP contribution in [0.3, 0.4) is 0 Å². The minimum atomic E-state index is -4.28. The second kappa shape index (κ2) is 14.5. The molecule has 0 saturated heterocycles. The molecule has 43 heavy (non-hydrogen) atoms. The van der Waals surface area contributed by atoms with Gasteiger partial charge < -0.3 is 10.2 Å². The summed E-state index contributed by atoms with van der Waals surface area (Å²) in [4.78, 5) is 28.9. The van der Waals surface area contributed by atoms with E-state index in [0.29, 0.717) is 15.6 Å². The first-order valence-electron chi connectivity index (χ1n) is 13.0. The fourth-order valence-electron chi connectivity index (χ4n) is 4.46. The maximum absolute atomic E-state index is 14.3. The quantitative estimate of drug-likeness (QED) is 0.187. The van der Waals surface area contributed by atoms with Gasteiger partial charge in [0.05, 0.1) is 20.6 Å². The van der Waals surface area contributed by atoms with E-state index in [1.54, 1.807) is 36.4 Å². The van der Waals surface area contributed by atoms with Crippen LogP contribution in [0, 0.1) is 0 Å². The molecule has 4 rings (SSSR count). The van der Waals surface area contributed by atoms with E-state index < -0.39 is 34.4 Å². The Hall–Kier alpha value is -3.27. The first-order chi connectivity index (χ1) is 20.5. The van der Waals surface area contributed by atoms with Gasteiger partial charge in [0.2, 0.25) is 11.8 Å². The van der Waals surface area contributed by atoms with Crippen LogP contribution in [-0.4, -0.2) is 44.8 Å². The Morgan fingerprint density at radius 1 is 0.767 bits per heavy atom. The van der Waals surface area contributed by atoms with Gasteiger partial charge in [-0.3, -0.25) is 13.9 Å². The number of anilines is 1. The summed E-state index contributed by atoms with van der Waals surface area (Å²) in [5.41, 5.74) is 1.31. The van der Waals surface area contributed by atoms with E-state index in [4.69, 9.17) is 46.4 Å². The van der Waals surface area contributed by atoms with Crippen molar-refractivity contribution in [3.8, 4) is 0 Å². The van der Waals surface area contributed by atoms with Gasteiger partial charge in [-0.25, -0.2) is 8.42 Å². The SMILES string of the molecule is CNC(=O)C(Cc1ccccc1)N(Cc1c(Cl)cccc1Cl)C(=O)CN(c1ccc(Cl)c(Cl)c1)S(=O)(=O)c1ccccc1. The topological polar surface area (TPSA) is 86.8 Å². The number of rotatable bonds is 11. The molecule has 7 nitrogen and oxygen atoms in total. The fraction of sp³-hybridized carbons (Fsp3) is 0.161. The fourth-order valence-corrected chi connectivity index (χ4v) is 6.70. The maximum Gasteiger partial charge on any atom is 0.264 e. The molecule has 0 radical (unpaired) electrons. The summed E-state index contributed by atoms with van der Waals surface area (Å²) in [6.45, 7) is -0.831. The Morgan fingerprint density at radius 2 is 1.37 bits per heavy atom. The number of halogens is 4. The van der Waals surface area contributed by atoms with Crippen molar-refractivity contribution >= 4 is 73.9 Å². The third kappa shape index (κ3) is 7.82. The second-order valence-corrected chi connectivity index (χ2v) is 13.0. The minimum Gasteiger partial charge on any atom is -0.357 e. The van der Waals surface area contributed by atoms with Crippen LogP contribution in [-0.2, 0) is 32.6 Å². The van der Waals surface area contributed by atoms with Crippen LogP contribution in [0.4, 0.5) is 5.69 Å². The molecule has 0 spiro atoms. The van der Waals surface area contributed by atoms with Crippen LogP contribution in [0.5, 0.6) is 0 Å². The normalized spacial score (nSPS) is 11.9. The second-order valence-electron chi connectivity index (χ2n) is 9.46. The summed E-state index contributed by atoms with van der Waals surface area (Å²) in [5.74, 6) is -1.13. The molecule has 12 heteroatoms. The average Bonchev–Trinajstić information content (AvgIpc) is 3.00. The molecule has 224 valence electrons. The highest BCUT2D eigenvalue weighted by atomic mass is 35.5. The van der Waals surface area contributed by atoms with Gasteiger partial charge in [0, 0.05) is 35.6 Å². The van der Waals surface area contributed by atoms with Crippen molar-refractivity contribution < 1.29 is 18.0 Å². The van der Waals surface area contributed by atoms with Crippen molar-refractivity contribution in [2.75, 3.05) is 17.9 Å². The molecule has 0 aliphatic rings. The van der Waals surface area contributed by atoms with E-state index >= 15 is 0 Å². The molecule has 4 aromatic carbocycles. The van der Waals surface area contributed by atoms with E-state index in [1.807, 2.05) is 30.3 Å². The van der Waals surface area contributed by atoms with Crippen molar-refractivity contribution in [3.05, 3.63) is 128 Å². The van der Waals surface area contributed by atoms with E-state index in [0.717, 1.165) is 9.87 Å². The van der Waals surface area contributed by atoms with Crippen LogP contribution in [0.15, 0.2) is 102 Å². The Morgan fingerprint density at radius 3 is 1.95 bits per heavy atom. The highest BCUT2D eigenvalue weighted by Crippen LogP contribution is 2.32. The summed E-state index contributed by atoms with van der Waals surface area (Å²) in [5, 5.41) is 3.53. The highest BCUT2D eigenvalue weighted by Gasteiger charge is 2.35. The van der Waals surface area contributed by atoms with Crippen molar-refractivity contribution in [2.45, 2.75) is 23.9 Å². The summed E-state index contributed by atoms with van der Waals surface area (Å²) in [6, 6.07) is 25.0. The lowest BCUT2D eigenvalue weighted by molar-refractivity contribution is -0.139. The van der Waals surface area contributed by atoms with Crippen molar-refractivity contribution in [1.82, 2.24) is 10.2 Å². The van der Waals surface area contributed by atoms with E-state index in [-0.39, 0.29) is 33.6 Å². The predicted molar refractivity (Wildman–Crippen MR) is 172 cm³/mol. The summed E-state index contributed by atoms with van der Waals surface area (Å²) < 4.78 is 28.9. The lowest BCUT2D eigenvalue weighted by atomic mass is 10.0. The standard InChI is InChI=1S/C31H27Cl4N3O4S/c1-36-31(40)29(17-21-9-4-2-5-10-21)37(19-24-25(32)13-8-14-26(24)33)30(39)20-38(22-15-16-27(34)28(35)18-22)43(41,42)23-11-6-3-7-12-23/h2-16,18,29H,17,19-20H2,1H3,(H,36,40). The zero-order valence-corrected chi connectivity index (χ0v) is 26.7. The number of carbonyl (C=O) groups is 2. The first kappa shape index (κ1) is 32.6. The number of benzene rings is 4. The molecule has 1 unspecified atom stereocenters. The first-order valence-corrected chi connectivity index (χ1v) is 16.0. The molecule has 0 aromatic heterocycles. The zero-order valence-electron chi connectivity index (χ0n) is 22.9. The maximum atomic E-state index is 14.3. The van der Waals surface area contributed by atoms with Gasteiger partial charge in [0.25, 0.3) is 10.0 Å². The molecule has 0 bridgehead atoms. The monoisotopic (exact) mass is 677 g/mol. The zero-order chi connectivity index (χ0) is 31.1. The molecule has 0 saturated carbocycles. The molecule has 0 aliphatic carbocycles. The van der Waals surface area contributed by atoms with Crippen molar-refractivity contribution in [2.24, 2.45) is 0 Å². The molecule has 0 heterocycles. The molecular weight excluding hydrogens is 652 g/mol. The van der Waals surface area contributed by atoms with Gasteiger partial charge in [-0.2, -0.15) is 0 Å². The lowest BCUT2D eigenvalue weighted by Crippen LogP contribution is -2.53. The smallest absolute Gasteiger partial charge is 0.264 e. The van der Waals surface area contributed by atoms with Crippen LogP contribution < -0.4 is 9.62 Å². The Balaban J connectivity index is 1.83. The summed E-state index contributed by atoms with van der Waals surface area (Å²) >= 11 is 25.4. The van der Waals surface area contributed by atoms with Crippen LogP contribution in [0.25, 0.3) is 0 Å². The van der Waals surface area contributed by atoms with Gasteiger partial charge in [0.1, 0.15) is 12.6 Å². The predicted octanol–water partition coefficient (Wildman–Crippen LogP) is 6.88. The number of hydrogen-bond acceptors (Lipinski definition) is 4. The molecule has 0 aliphatic heterocycles. The molecule has 4 aromatic rings. The van der Waals surface area contributed by atoms with E-state index in [1.165, 1.54) is 42.3 Å². The number of likely N-dealkylation sites (N-methyl/N-ethyl adjacent to an activating group) is 1. The van der Waals surface area contributed by atoms with Gasteiger partial charge in [-0.1, -0.05) is 101 Å². The number of hydrogen-bond donors (Lipinski definition) is 1. The van der Waals surface area contributed by atoms with E-state index in [2.05, 4.69) is 5.32 Å². The lowest BCUT2D eigenvalue weighted by Gasteiger charge is -2.34. The van der Waals surface area contributed by atoms with Crippen LogP contribution >= 0.6 is 46.4 Å². The highest BCUT2D eigenvalue weighted by molar-refractivity contribution is 7.92. The molecule has 2 amide bonds. The van der Waals surface area contributed by atoms with E-state index in [9.17, 15) is 18.0 Å². The van der Waals surface area contributed by atoms with Crippen LogP contribution in [0.1, 0.15) is 11.1 Å². The third-order valence-electron chi connectivity index (χ3n) is 6.71. The number of sulfonamides is 1. The van der Waals surface area contributed by atoms with Gasteiger partial charge in [-0.15, -0.1) is 0 Å². The largest absolute Gasteiger partial charge is 0.357 e. The summed E-state index contributed by atoms with van der Waals surface area (Å²) in [6.07, 6.45) is 0.145. The number of amides is 2. The van der Waals surface area contributed by atoms with Crippen LogP contribution in [0.2, 0.25) is 20.1 Å². The number of carbonyl (C=O) groups excluding carboxylic acids is 2. The Kier molecular flexibility index (Phi) is 11.0. The Labute approximate surface area is 271 Å². The number of nitrogens with one attached hydrogen (secondary N) is 1. The summed E-state index contributed by atoms with van der Waals surface area (Å²) in [7, 11) is -2.81. The molecular formula is C31H27Cl4N3O4S. The average molecular weight is 679 g/mol. The van der Waals surface area contributed by atoms with Gasteiger partial charge in [-0.05, 0) is 48.0 Å². The number of nitrogens with zero attached hydrogens (tertiary/aromatic N) is 2. The molecule has 0 fully saturated rings. The van der Waals surface area contributed by atoms with Gasteiger partial charge in [0.15, 0.2) is 0 Å². The molecule has 1 N–H and O–H groups in total. The minimum absolute atomic E-state index is 0.0401. The van der Waals surface area contributed by atoms with Gasteiger partial charge >= 0.3 is 0 Å². The van der Waals surface area contributed by atoms with Crippen molar-refractivity contribution in [3.63, 3.8) is 0 Å². The Bertz CT molecular complexity index is 1690. The molecule has 1 atom stereocenters. The third-order valence-corrected chi connectivity index (χ3v) is 9.94. The van der Waals surface area contributed by atoms with Crippen molar-refractivity contribution in [1.29, 1.82) is 0 Å².